The van der Waals surface area contributed by atoms with Crippen LogP contribution >= 0.6 is 0 Å². The Bertz CT molecular complexity index is 922. The number of fused-ring (bicyclic) bond motifs is 1. The molecule has 0 saturated carbocycles. The van der Waals surface area contributed by atoms with Crippen molar-refractivity contribution >= 4 is 5.91 Å². The van der Waals surface area contributed by atoms with Crippen LogP contribution in [0, 0.1) is 0 Å². The lowest BCUT2D eigenvalue weighted by Crippen LogP contribution is -2.65. The number of benzene rings is 2. The number of rotatable bonds is 6. The van der Waals surface area contributed by atoms with Crippen LogP contribution in [0.25, 0.3) is 10.4 Å². The summed E-state index contributed by atoms with van der Waals surface area (Å²) in [5.74, 6) is -0.287. The number of ether oxygens (including phenoxy) is 4. The molecule has 2 fully saturated rings. The summed E-state index contributed by atoms with van der Waals surface area (Å²) in [6.07, 6.45) is -2.58. The molecule has 0 aromatic heterocycles. The summed E-state index contributed by atoms with van der Waals surface area (Å²) in [7, 11) is 0. The van der Waals surface area contributed by atoms with Gasteiger partial charge in [0.1, 0.15) is 12.2 Å². The largest absolute Gasteiger partial charge is 0.348 e. The number of azide groups is 1. The van der Waals surface area contributed by atoms with E-state index >= 15 is 0 Å². The second-order valence-electron chi connectivity index (χ2n) is 7.44. The van der Waals surface area contributed by atoms with Crippen LogP contribution in [0.2, 0.25) is 0 Å². The van der Waals surface area contributed by atoms with Gasteiger partial charge in [0.05, 0.1) is 25.3 Å². The van der Waals surface area contributed by atoms with Gasteiger partial charge in [-0.25, -0.2) is 0 Å². The maximum absolute atomic E-state index is 11.9. The van der Waals surface area contributed by atoms with Crippen LogP contribution in [0.5, 0.6) is 0 Å². The van der Waals surface area contributed by atoms with Crippen LogP contribution < -0.4 is 5.32 Å². The SMILES string of the molecule is CC(=O)N[C@H]1[C@@H](OCc2ccccc2)O[C@@H]2CO[C@@H](c3ccccc3)O[C@H]2[C@@H]1N=[N+]=[N-]. The van der Waals surface area contributed by atoms with Gasteiger partial charge in [-0.05, 0) is 11.1 Å². The number of hydrogen-bond donors (Lipinski definition) is 1. The molecular formula is C22H24N4O5. The molecule has 0 bridgehead atoms. The first-order valence-corrected chi connectivity index (χ1v) is 10.1. The van der Waals surface area contributed by atoms with Crippen LogP contribution in [0.15, 0.2) is 65.8 Å². The Labute approximate surface area is 179 Å². The highest BCUT2D eigenvalue weighted by Gasteiger charge is 2.50. The predicted molar refractivity (Wildman–Crippen MR) is 110 cm³/mol. The van der Waals surface area contributed by atoms with Gasteiger partial charge in [0.15, 0.2) is 12.6 Å². The molecule has 1 amide bonds. The van der Waals surface area contributed by atoms with Crippen molar-refractivity contribution in [3.8, 4) is 0 Å². The topological polar surface area (TPSA) is 115 Å². The Hall–Kier alpha value is -2.94. The highest BCUT2D eigenvalue weighted by Crippen LogP contribution is 2.36. The van der Waals surface area contributed by atoms with E-state index in [1.807, 2.05) is 60.7 Å². The van der Waals surface area contributed by atoms with Crippen molar-refractivity contribution in [2.45, 2.75) is 50.4 Å². The molecule has 2 aromatic carbocycles. The lowest BCUT2D eigenvalue weighted by molar-refractivity contribution is -0.327. The molecule has 6 atom stereocenters. The molecule has 0 aliphatic carbocycles. The van der Waals surface area contributed by atoms with E-state index in [1.165, 1.54) is 6.92 Å². The summed E-state index contributed by atoms with van der Waals surface area (Å²) in [5.41, 5.74) is 11.0. The smallest absolute Gasteiger partial charge is 0.217 e. The Morgan fingerprint density at radius 1 is 1.16 bits per heavy atom. The van der Waals surface area contributed by atoms with Gasteiger partial charge in [0.25, 0.3) is 0 Å². The zero-order chi connectivity index (χ0) is 21.6. The molecule has 4 rings (SSSR count). The molecule has 2 aliphatic rings. The van der Waals surface area contributed by atoms with Gasteiger partial charge >= 0.3 is 0 Å². The highest BCUT2D eigenvalue weighted by molar-refractivity contribution is 5.73. The Balaban J connectivity index is 1.56. The molecule has 31 heavy (non-hydrogen) atoms. The van der Waals surface area contributed by atoms with Crippen LogP contribution in [-0.2, 0) is 30.3 Å². The van der Waals surface area contributed by atoms with Gasteiger partial charge in [-0.2, -0.15) is 0 Å². The first-order valence-electron chi connectivity index (χ1n) is 10.1. The molecular weight excluding hydrogens is 400 g/mol. The van der Waals surface area contributed by atoms with Crippen molar-refractivity contribution in [1.29, 1.82) is 0 Å². The first-order chi connectivity index (χ1) is 15.2. The van der Waals surface area contributed by atoms with E-state index in [1.54, 1.807) is 0 Å². The third kappa shape index (κ3) is 5.04. The molecule has 9 nitrogen and oxygen atoms in total. The third-order valence-corrected chi connectivity index (χ3v) is 5.25. The number of hydrogen-bond acceptors (Lipinski definition) is 6. The van der Waals surface area contributed by atoms with Gasteiger partial charge in [-0.3, -0.25) is 4.79 Å². The fourth-order valence-corrected chi connectivity index (χ4v) is 3.85. The van der Waals surface area contributed by atoms with Crippen molar-refractivity contribution < 1.29 is 23.7 Å². The third-order valence-electron chi connectivity index (χ3n) is 5.25. The van der Waals surface area contributed by atoms with Crippen LogP contribution in [-0.4, -0.2) is 43.1 Å². The van der Waals surface area contributed by atoms with Crippen molar-refractivity contribution in [3.05, 3.63) is 82.2 Å². The number of carbonyl (C=O) groups is 1. The minimum Gasteiger partial charge on any atom is -0.348 e. The Morgan fingerprint density at radius 3 is 2.55 bits per heavy atom. The molecule has 2 aliphatic heterocycles. The van der Waals surface area contributed by atoms with Gasteiger partial charge in [-0.15, -0.1) is 0 Å². The van der Waals surface area contributed by atoms with Crippen LogP contribution in [0.3, 0.4) is 0 Å². The number of nitrogens with one attached hydrogen (secondary N) is 1. The van der Waals surface area contributed by atoms with E-state index in [0.29, 0.717) is 0 Å². The second-order valence-corrected chi connectivity index (χ2v) is 7.44. The van der Waals surface area contributed by atoms with Gasteiger partial charge in [-0.1, -0.05) is 65.8 Å². The maximum atomic E-state index is 11.9. The van der Waals surface area contributed by atoms with E-state index in [9.17, 15) is 10.3 Å². The fourth-order valence-electron chi connectivity index (χ4n) is 3.85. The summed E-state index contributed by atoms with van der Waals surface area (Å²) >= 11 is 0. The average Bonchev–Trinajstić information content (AvgIpc) is 2.80. The standard InChI is InChI=1S/C22H24N4O5/c1-14(27)24-19-18(25-26-23)20-17(13-29-21(31-20)16-10-6-3-7-11-16)30-22(19)28-12-15-8-4-2-5-9-15/h2-11,17-22H,12-13H2,1H3,(H,24,27)/t17-,18-,19-,20-,21-,22+/m1/s1. The van der Waals surface area contributed by atoms with E-state index in [-0.39, 0.29) is 19.1 Å². The van der Waals surface area contributed by atoms with Crippen LogP contribution in [0.4, 0.5) is 0 Å². The summed E-state index contributed by atoms with van der Waals surface area (Å²) in [4.78, 5) is 14.9. The predicted octanol–water partition coefficient (Wildman–Crippen LogP) is 3.23. The van der Waals surface area contributed by atoms with Gasteiger partial charge in [0.2, 0.25) is 5.91 Å². The van der Waals surface area contributed by atoms with Crippen molar-refractivity contribution in [3.63, 3.8) is 0 Å². The molecule has 0 spiro atoms. The Morgan fingerprint density at radius 2 is 1.87 bits per heavy atom. The Kier molecular flexibility index (Phi) is 6.81. The summed E-state index contributed by atoms with van der Waals surface area (Å²) < 4.78 is 24.1. The lowest BCUT2D eigenvalue weighted by atomic mass is 9.93. The molecule has 2 heterocycles. The molecule has 162 valence electrons. The van der Waals surface area contributed by atoms with E-state index < -0.39 is 36.9 Å². The monoisotopic (exact) mass is 424 g/mol. The maximum Gasteiger partial charge on any atom is 0.217 e. The molecule has 0 radical (unpaired) electrons. The normalized spacial score (nSPS) is 30.0. The fraction of sp³-hybridized carbons (Fsp3) is 0.409. The quantitative estimate of drug-likeness (QED) is 0.434. The summed E-state index contributed by atoms with van der Waals surface area (Å²) in [6, 6.07) is 17.6. The first kappa shape index (κ1) is 21.3. The van der Waals surface area contributed by atoms with Crippen molar-refractivity contribution in [2.75, 3.05) is 6.61 Å². The highest BCUT2D eigenvalue weighted by atomic mass is 16.7. The molecule has 2 saturated heterocycles. The molecule has 9 heteroatoms. The second kappa shape index (κ2) is 9.91. The van der Waals surface area contributed by atoms with Crippen molar-refractivity contribution in [2.24, 2.45) is 5.11 Å². The van der Waals surface area contributed by atoms with E-state index in [2.05, 4.69) is 15.3 Å². The van der Waals surface area contributed by atoms with Gasteiger partial charge in [0, 0.05) is 17.4 Å². The number of nitrogens with zero attached hydrogens (tertiary/aromatic N) is 3. The zero-order valence-electron chi connectivity index (χ0n) is 17.0. The summed E-state index contributed by atoms with van der Waals surface area (Å²) in [6.45, 7) is 1.90. The lowest BCUT2D eigenvalue weighted by Gasteiger charge is -2.48. The van der Waals surface area contributed by atoms with Crippen molar-refractivity contribution in [1.82, 2.24) is 5.32 Å². The zero-order valence-corrected chi connectivity index (χ0v) is 17.0. The average molecular weight is 424 g/mol. The van der Waals surface area contributed by atoms with Gasteiger partial charge < -0.3 is 24.3 Å². The molecule has 0 unspecified atom stereocenters. The molecule has 2 aromatic rings. The minimum absolute atomic E-state index is 0.236. The number of carbonyl (C=O) groups excluding carboxylic acids is 1. The molecule has 1 N–H and O–H groups in total. The summed E-state index contributed by atoms with van der Waals surface area (Å²) in [5, 5.41) is 6.78. The number of amides is 1. The van der Waals surface area contributed by atoms with E-state index in [4.69, 9.17) is 18.9 Å². The van der Waals surface area contributed by atoms with E-state index in [0.717, 1.165) is 11.1 Å². The minimum atomic E-state index is -0.832. The van der Waals surface area contributed by atoms with Crippen LogP contribution in [0.1, 0.15) is 24.3 Å².